The van der Waals surface area contributed by atoms with E-state index in [2.05, 4.69) is 41.6 Å². The van der Waals surface area contributed by atoms with Gasteiger partial charge >= 0.3 is 6.03 Å². The van der Waals surface area contributed by atoms with Crippen LogP contribution in [0.4, 0.5) is 4.79 Å². The first kappa shape index (κ1) is 17.6. The van der Waals surface area contributed by atoms with Crippen LogP contribution in [-0.2, 0) is 6.42 Å². The van der Waals surface area contributed by atoms with Gasteiger partial charge in [-0.2, -0.15) is 0 Å². The lowest BCUT2D eigenvalue weighted by atomic mass is 10.1. The lowest BCUT2D eigenvalue weighted by molar-refractivity contribution is 0.211. The van der Waals surface area contributed by atoms with Gasteiger partial charge in [-0.25, -0.2) is 4.79 Å². The Balaban J connectivity index is 1.67. The molecule has 1 aliphatic rings. The van der Waals surface area contributed by atoms with Crippen molar-refractivity contribution in [3.63, 3.8) is 0 Å². The number of hydrogen-bond donors (Lipinski definition) is 2. The summed E-state index contributed by atoms with van der Waals surface area (Å²) in [4.78, 5) is 14.3. The Hall–Kier alpha value is -1.75. The first-order valence-corrected chi connectivity index (χ1v) is 8.45. The van der Waals surface area contributed by atoms with Crippen LogP contribution in [0.1, 0.15) is 31.7 Å². The van der Waals surface area contributed by atoms with Crippen molar-refractivity contribution in [3.8, 4) is 5.75 Å². The van der Waals surface area contributed by atoms with Crippen LogP contribution in [-0.4, -0.2) is 50.3 Å². The van der Waals surface area contributed by atoms with E-state index in [1.54, 1.807) is 7.11 Å². The van der Waals surface area contributed by atoms with Gasteiger partial charge in [-0.05, 0) is 70.4 Å². The molecule has 128 valence electrons. The second kappa shape index (κ2) is 8.77. The highest BCUT2D eigenvalue weighted by Crippen LogP contribution is 2.13. The van der Waals surface area contributed by atoms with Crippen molar-refractivity contribution in [2.75, 3.05) is 27.2 Å². The molecule has 23 heavy (non-hydrogen) atoms. The summed E-state index contributed by atoms with van der Waals surface area (Å²) in [5, 5.41) is 6.13. The van der Waals surface area contributed by atoms with E-state index in [4.69, 9.17) is 4.74 Å². The lowest BCUT2D eigenvalue weighted by Crippen LogP contribution is -2.49. The minimum absolute atomic E-state index is 0.0400. The summed E-state index contributed by atoms with van der Waals surface area (Å²) in [5.41, 5.74) is 1.26. The summed E-state index contributed by atoms with van der Waals surface area (Å²) in [7, 11) is 3.79. The number of likely N-dealkylation sites (tertiary alicyclic amines) is 1. The number of nitrogens with one attached hydrogen (secondary N) is 2. The average Bonchev–Trinajstić information content (AvgIpc) is 2.55. The molecule has 1 unspecified atom stereocenters. The average molecular weight is 319 g/mol. The highest BCUT2D eigenvalue weighted by Gasteiger charge is 2.18. The fraction of sp³-hybridized carbons (Fsp3) is 0.611. The van der Waals surface area contributed by atoms with Gasteiger partial charge in [0.2, 0.25) is 0 Å². The Morgan fingerprint density at radius 3 is 2.57 bits per heavy atom. The zero-order valence-electron chi connectivity index (χ0n) is 14.5. The molecule has 2 amide bonds. The second-order valence-electron chi connectivity index (χ2n) is 6.48. The first-order valence-electron chi connectivity index (χ1n) is 8.45. The van der Waals surface area contributed by atoms with Crippen molar-refractivity contribution in [2.45, 2.75) is 44.7 Å². The van der Waals surface area contributed by atoms with Crippen LogP contribution in [0.5, 0.6) is 5.75 Å². The molecule has 0 saturated carbocycles. The number of ether oxygens (including phenoxy) is 1. The molecular weight excluding hydrogens is 290 g/mol. The van der Waals surface area contributed by atoms with E-state index < -0.39 is 0 Å². The zero-order valence-corrected chi connectivity index (χ0v) is 14.5. The van der Waals surface area contributed by atoms with Crippen LogP contribution in [0, 0.1) is 0 Å². The number of methoxy groups -OCH3 is 1. The molecule has 0 aromatic heterocycles. The molecule has 0 bridgehead atoms. The van der Waals surface area contributed by atoms with Gasteiger partial charge in [-0.1, -0.05) is 12.1 Å². The molecule has 1 aliphatic heterocycles. The predicted molar refractivity (Wildman–Crippen MR) is 93.0 cm³/mol. The Kier molecular flexibility index (Phi) is 6.71. The molecule has 2 rings (SSSR count). The molecule has 0 radical (unpaired) electrons. The summed E-state index contributed by atoms with van der Waals surface area (Å²) in [5.74, 6) is 0.873. The third-order valence-electron chi connectivity index (χ3n) is 4.46. The molecule has 2 N–H and O–H groups in total. The zero-order chi connectivity index (χ0) is 16.7. The third-order valence-corrected chi connectivity index (χ3v) is 4.46. The molecule has 1 aromatic carbocycles. The monoisotopic (exact) mass is 319 g/mol. The van der Waals surface area contributed by atoms with E-state index in [1.165, 1.54) is 5.56 Å². The molecular formula is C18H29N3O2. The number of aryl methyl sites for hydroxylation is 1. The van der Waals surface area contributed by atoms with Crippen LogP contribution in [0.3, 0.4) is 0 Å². The summed E-state index contributed by atoms with van der Waals surface area (Å²) < 4.78 is 5.16. The van der Waals surface area contributed by atoms with E-state index in [1.807, 2.05) is 12.1 Å². The molecule has 5 heteroatoms. The highest BCUT2D eigenvalue weighted by molar-refractivity contribution is 5.74. The number of nitrogens with zero attached hydrogens (tertiary/aromatic N) is 1. The van der Waals surface area contributed by atoms with Gasteiger partial charge in [0.25, 0.3) is 0 Å². The van der Waals surface area contributed by atoms with E-state index in [9.17, 15) is 4.79 Å². The van der Waals surface area contributed by atoms with Gasteiger partial charge in [0.05, 0.1) is 7.11 Å². The summed E-state index contributed by atoms with van der Waals surface area (Å²) >= 11 is 0. The van der Waals surface area contributed by atoms with Crippen molar-refractivity contribution in [3.05, 3.63) is 29.8 Å². The van der Waals surface area contributed by atoms with Crippen molar-refractivity contribution in [1.82, 2.24) is 15.5 Å². The molecule has 0 aliphatic carbocycles. The molecule has 1 fully saturated rings. The maximum atomic E-state index is 12.0. The minimum atomic E-state index is -0.0400. The van der Waals surface area contributed by atoms with Crippen molar-refractivity contribution in [2.24, 2.45) is 0 Å². The van der Waals surface area contributed by atoms with Gasteiger partial charge in [0.15, 0.2) is 0 Å². The Morgan fingerprint density at radius 2 is 1.96 bits per heavy atom. The number of piperidine rings is 1. The largest absolute Gasteiger partial charge is 0.497 e. The molecule has 1 heterocycles. The van der Waals surface area contributed by atoms with Gasteiger partial charge < -0.3 is 20.3 Å². The molecule has 5 nitrogen and oxygen atoms in total. The lowest BCUT2D eigenvalue weighted by Gasteiger charge is -2.29. The minimum Gasteiger partial charge on any atom is -0.497 e. The smallest absolute Gasteiger partial charge is 0.315 e. The summed E-state index contributed by atoms with van der Waals surface area (Å²) in [6, 6.07) is 8.51. The maximum absolute atomic E-state index is 12.0. The number of amides is 2. The number of urea groups is 1. The van der Waals surface area contributed by atoms with E-state index in [-0.39, 0.29) is 12.1 Å². The second-order valence-corrected chi connectivity index (χ2v) is 6.48. The van der Waals surface area contributed by atoms with Crippen LogP contribution in [0.2, 0.25) is 0 Å². The van der Waals surface area contributed by atoms with E-state index >= 15 is 0 Å². The summed E-state index contributed by atoms with van der Waals surface area (Å²) in [6.45, 7) is 4.16. The predicted octanol–water partition coefficient (Wildman–Crippen LogP) is 2.41. The molecule has 1 aromatic rings. The van der Waals surface area contributed by atoms with Crippen LogP contribution in [0.15, 0.2) is 24.3 Å². The van der Waals surface area contributed by atoms with Crippen molar-refractivity contribution < 1.29 is 9.53 Å². The van der Waals surface area contributed by atoms with Crippen molar-refractivity contribution >= 4 is 6.03 Å². The third kappa shape index (κ3) is 6.10. The number of rotatable bonds is 6. The van der Waals surface area contributed by atoms with Gasteiger partial charge in [-0.15, -0.1) is 0 Å². The number of carbonyl (C=O) groups is 1. The van der Waals surface area contributed by atoms with Crippen LogP contribution < -0.4 is 15.4 Å². The normalized spacial score (nSPS) is 17.5. The highest BCUT2D eigenvalue weighted by atomic mass is 16.5. The van der Waals surface area contributed by atoms with Gasteiger partial charge in [-0.3, -0.25) is 0 Å². The van der Waals surface area contributed by atoms with E-state index in [0.29, 0.717) is 6.04 Å². The van der Waals surface area contributed by atoms with Gasteiger partial charge in [0.1, 0.15) is 5.75 Å². The number of benzene rings is 1. The number of carbonyl (C=O) groups excluding carboxylic acids is 1. The fourth-order valence-electron chi connectivity index (χ4n) is 2.85. The van der Waals surface area contributed by atoms with E-state index in [0.717, 1.165) is 44.5 Å². The Morgan fingerprint density at radius 1 is 1.30 bits per heavy atom. The standard InChI is InChI=1S/C18H29N3O2/c1-14(4-5-15-6-8-17(23-3)9-7-15)19-18(22)20-16-10-12-21(2)13-11-16/h6-9,14,16H,4-5,10-13H2,1-3H3,(H2,19,20,22). The molecule has 1 atom stereocenters. The van der Waals surface area contributed by atoms with Crippen LogP contribution in [0.25, 0.3) is 0 Å². The number of hydrogen-bond acceptors (Lipinski definition) is 3. The Bertz CT molecular complexity index is 482. The van der Waals surface area contributed by atoms with Crippen LogP contribution >= 0.6 is 0 Å². The molecule has 1 saturated heterocycles. The SMILES string of the molecule is COc1ccc(CCC(C)NC(=O)NC2CCN(C)CC2)cc1. The Labute approximate surface area is 139 Å². The summed E-state index contributed by atoms with van der Waals surface area (Å²) in [6.07, 6.45) is 3.93. The quantitative estimate of drug-likeness (QED) is 0.846. The van der Waals surface area contributed by atoms with Crippen molar-refractivity contribution in [1.29, 1.82) is 0 Å². The first-order chi connectivity index (χ1) is 11.1. The molecule has 0 spiro atoms. The topological polar surface area (TPSA) is 53.6 Å². The fourth-order valence-corrected chi connectivity index (χ4v) is 2.85. The van der Waals surface area contributed by atoms with Gasteiger partial charge in [0, 0.05) is 12.1 Å². The maximum Gasteiger partial charge on any atom is 0.315 e.